The zero-order valence-electron chi connectivity index (χ0n) is 5.57. The minimum absolute atomic E-state index is 0.431. The number of carbonyl (C=O) groups is 1. The normalized spacial score (nSPS) is 11.2. The lowest BCUT2D eigenvalue weighted by molar-refractivity contribution is -0.108. The second-order valence-electron chi connectivity index (χ2n) is 1.55. The number of likely N-dealkylation sites (N-methyl/N-ethyl adjacent to an activating group) is 1. The Morgan fingerprint density at radius 3 is 2.44 bits per heavy atom. The van der Waals surface area contributed by atoms with Crippen LogP contribution in [0.25, 0.3) is 0 Å². The van der Waals surface area contributed by atoms with Gasteiger partial charge in [0.25, 0.3) is 5.24 Å². The van der Waals surface area contributed by atoms with Crippen molar-refractivity contribution in [2.24, 2.45) is 0 Å². The van der Waals surface area contributed by atoms with Crippen molar-refractivity contribution < 1.29 is 4.79 Å². The Labute approximate surface area is 59.9 Å². The molecule has 0 aromatic rings. The Morgan fingerprint density at radius 2 is 2.33 bits per heavy atom. The van der Waals surface area contributed by atoms with Crippen LogP contribution in [0.2, 0.25) is 0 Å². The molecule has 0 unspecified atom stereocenters. The van der Waals surface area contributed by atoms with Crippen molar-refractivity contribution in [3.63, 3.8) is 0 Å². The first-order chi connectivity index (χ1) is 4.22. The van der Waals surface area contributed by atoms with Crippen LogP contribution in [0.5, 0.6) is 0 Å². The highest BCUT2D eigenvalue weighted by Gasteiger charge is 1.99. The van der Waals surface area contributed by atoms with Crippen LogP contribution in [-0.2, 0) is 4.79 Å². The van der Waals surface area contributed by atoms with Gasteiger partial charge < -0.3 is 5.32 Å². The van der Waals surface area contributed by atoms with E-state index in [1.165, 1.54) is 0 Å². The summed E-state index contributed by atoms with van der Waals surface area (Å²) in [5, 5.41) is 2.25. The maximum atomic E-state index is 10.4. The maximum absolute atomic E-state index is 10.4. The average Bonchev–Trinajstić information content (AvgIpc) is 1.82. The predicted octanol–water partition coefficient (Wildman–Crippen LogP) is 1.27. The fourth-order valence-electron chi connectivity index (χ4n) is 0.485. The third kappa shape index (κ3) is 3.14. The van der Waals surface area contributed by atoms with Gasteiger partial charge in [0, 0.05) is 7.05 Å². The highest BCUT2D eigenvalue weighted by atomic mass is 35.5. The van der Waals surface area contributed by atoms with Gasteiger partial charge in [-0.05, 0) is 18.0 Å². The van der Waals surface area contributed by atoms with Gasteiger partial charge in [-0.25, -0.2) is 0 Å². The topological polar surface area (TPSA) is 29.1 Å². The van der Waals surface area contributed by atoms with Crippen molar-refractivity contribution in [3.8, 4) is 0 Å². The number of nitrogens with one attached hydrogen (secondary N) is 1. The van der Waals surface area contributed by atoms with Gasteiger partial charge in [0.1, 0.15) is 0 Å². The quantitative estimate of drug-likeness (QED) is 0.481. The Hall–Kier alpha value is -0.500. The monoisotopic (exact) mass is 147 g/mol. The number of hydrogen-bond donors (Lipinski definition) is 1. The molecule has 0 amide bonds. The smallest absolute Gasteiger partial charge is 0.267 e. The molecule has 0 fully saturated rings. The lowest BCUT2D eigenvalue weighted by Crippen LogP contribution is -2.11. The second-order valence-corrected chi connectivity index (χ2v) is 1.89. The zero-order valence-corrected chi connectivity index (χ0v) is 6.33. The number of halogens is 1. The van der Waals surface area contributed by atoms with Crippen molar-refractivity contribution in [3.05, 3.63) is 11.8 Å². The van der Waals surface area contributed by atoms with Crippen LogP contribution in [-0.4, -0.2) is 12.3 Å². The van der Waals surface area contributed by atoms with Gasteiger partial charge in [-0.3, -0.25) is 4.79 Å². The van der Waals surface area contributed by atoms with Gasteiger partial charge in [-0.15, -0.1) is 0 Å². The van der Waals surface area contributed by atoms with Gasteiger partial charge in [0.05, 0.1) is 5.70 Å². The Bertz CT molecular complexity index is 131. The summed E-state index contributed by atoms with van der Waals surface area (Å²) in [6.07, 6.45) is 2.56. The first-order valence-electron chi connectivity index (χ1n) is 2.80. The Kier molecular flexibility index (Phi) is 4.14. The average molecular weight is 148 g/mol. The molecule has 0 aromatic carbocycles. The predicted molar refractivity (Wildman–Crippen MR) is 38.3 cm³/mol. The van der Waals surface area contributed by atoms with Crippen LogP contribution in [0.15, 0.2) is 11.8 Å². The molecule has 0 aromatic heterocycles. The van der Waals surface area contributed by atoms with Crippen molar-refractivity contribution >= 4 is 16.8 Å². The molecule has 0 heterocycles. The molecule has 0 aliphatic rings. The molecule has 2 nitrogen and oxygen atoms in total. The zero-order chi connectivity index (χ0) is 7.28. The number of allylic oxidation sites excluding steroid dienone is 2. The van der Waals surface area contributed by atoms with E-state index in [1.807, 2.05) is 6.92 Å². The fraction of sp³-hybridized carbons (Fsp3) is 0.500. The third-order valence-corrected chi connectivity index (χ3v) is 1.09. The molecule has 9 heavy (non-hydrogen) atoms. The van der Waals surface area contributed by atoms with Crippen molar-refractivity contribution in [1.82, 2.24) is 5.32 Å². The van der Waals surface area contributed by atoms with E-state index in [-0.39, 0.29) is 0 Å². The molecular weight excluding hydrogens is 138 g/mol. The molecule has 0 radical (unpaired) electrons. The largest absolute Gasteiger partial charge is 0.384 e. The van der Waals surface area contributed by atoms with E-state index in [2.05, 4.69) is 5.32 Å². The van der Waals surface area contributed by atoms with Crippen LogP contribution < -0.4 is 5.32 Å². The maximum Gasteiger partial charge on any atom is 0.267 e. The summed E-state index contributed by atoms with van der Waals surface area (Å²) in [5.41, 5.74) is 0.471. The summed E-state index contributed by atoms with van der Waals surface area (Å²) in [6, 6.07) is 0. The van der Waals surface area contributed by atoms with Crippen LogP contribution in [0, 0.1) is 0 Å². The van der Waals surface area contributed by atoms with Crippen molar-refractivity contribution in [2.45, 2.75) is 13.3 Å². The minimum atomic E-state index is -0.431. The molecule has 0 saturated carbocycles. The summed E-state index contributed by atoms with van der Waals surface area (Å²) in [6.45, 7) is 1.94. The molecule has 0 aliphatic heterocycles. The summed E-state index contributed by atoms with van der Waals surface area (Å²) < 4.78 is 0. The lowest BCUT2D eigenvalue weighted by Gasteiger charge is -1.96. The molecule has 0 aliphatic carbocycles. The Morgan fingerprint density at radius 1 is 1.78 bits per heavy atom. The van der Waals surface area contributed by atoms with Gasteiger partial charge in [0.2, 0.25) is 0 Å². The van der Waals surface area contributed by atoms with Crippen LogP contribution >= 0.6 is 11.6 Å². The SMILES string of the molecule is CC/C=C(\NC)C(=O)Cl. The molecule has 0 saturated heterocycles. The minimum Gasteiger partial charge on any atom is -0.384 e. The van der Waals surface area contributed by atoms with Gasteiger partial charge in [-0.1, -0.05) is 13.0 Å². The summed E-state index contributed by atoms with van der Waals surface area (Å²) >= 11 is 5.15. The third-order valence-electron chi connectivity index (χ3n) is 0.889. The molecule has 52 valence electrons. The van der Waals surface area contributed by atoms with Crippen molar-refractivity contribution in [1.29, 1.82) is 0 Å². The first kappa shape index (κ1) is 8.50. The molecule has 0 rings (SSSR count). The molecule has 3 heteroatoms. The van der Waals surface area contributed by atoms with E-state index in [0.717, 1.165) is 6.42 Å². The van der Waals surface area contributed by atoms with Crippen LogP contribution in [0.3, 0.4) is 0 Å². The highest BCUT2D eigenvalue weighted by Crippen LogP contribution is 1.95. The van der Waals surface area contributed by atoms with E-state index in [0.29, 0.717) is 5.70 Å². The highest BCUT2D eigenvalue weighted by molar-refractivity contribution is 6.67. The van der Waals surface area contributed by atoms with Gasteiger partial charge in [0.15, 0.2) is 0 Å². The second kappa shape index (κ2) is 4.39. The molecule has 0 bridgehead atoms. The van der Waals surface area contributed by atoms with Gasteiger partial charge >= 0.3 is 0 Å². The number of hydrogen-bond acceptors (Lipinski definition) is 2. The summed E-state index contributed by atoms with van der Waals surface area (Å²) in [7, 11) is 1.67. The molecular formula is C6H10ClNO. The van der Waals surface area contributed by atoms with Crippen LogP contribution in [0.4, 0.5) is 0 Å². The number of carbonyl (C=O) groups excluding carboxylic acids is 1. The molecule has 1 N–H and O–H groups in total. The van der Waals surface area contributed by atoms with E-state index in [1.54, 1.807) is 13.1 Å². The van der Waals surface area contributed by atoms with E-state index >= 15 is 0 Å². The van der Waals surface area contributed by atoms with Crippen molar-refractivity contribution in [2.75, 3.05) is 7.05 Å². The van der Waals surface area contributed by atoms with E-state index in [4.69, 9.17) is 11.6 Å². The summed E-state index contributed by atoms with van der Waals surface area (Å²) in [5.74, 6) is 0. The molecule has 0 atom stereocenters. The van der Waals surface area contributed by atoms with Gasteiger partial charge in [-0.2, -0.15) is 0 Å². The lowest BCUT2D eigenvalue weighted by atomic mass is 10.3. The Balaban J connectivity index is 3.98. The van der Waals surface area contributed by atoms with Crippen LogP contribution in [0.1, 0.15) is 13.3 Å². The first-order valence-corrected chi connectivity index (χ1v) is 3.18. The fourth-order valence-corrected chi connectivity index (χ4v) is 0.656. The van der Waals surface area contributed by atoms with E-state index < -0.39 is 5.24 Å². The van der Waals surface area contributed by atoms with E-state index in [9.17, 15) is 4.79 Å². The standard InChI is InChI=1S/C6H10ClNO/c1-3-4-5(8-2)6(7)9/h4,8H,3H2,1-2H3/b5-4-. The molecule has 0 spiro atoms. The number of rotatable bonds is 3. The summed E-state index contributed by atoms with van der Waals surface area (Å²) in [4.78, 5) is 10.4.